The number of nitrogens with one attached hydrogen (secondary N) is 1. The molecule has 9 nitrogen and oxygen atoms in total. The third-order valence-corrected chi connectivity index (χ3v) is 5.19. The standard InChI is InChI=1S/C18H24BN7O2/c1-27-16(28-2)12-24-6-3-14(4-7-24)26-11-13(9-22-26)23-17-18-20-5-8-25(18)15(19)10-21-17/h5,8-11,14,16H,3-4,6-7,12H2,1-2H3,(H,21,23). The largest absolute Gasteiger partial charge is 0.355 e. The highest BCUT2D eigenvalue weighted by atomic mass is 16.7. The molecular formula is C18H24BN7O2. The van der Waals surface area contributed by atoms with Crippen molar-refractivity contribution in [1.29, 1.82) is 0 Å². The number of piperidine rings is 1. The molecule has 146 valence electrons. The Morgan fingerprint density at radius 1 is 1.21 bits per heavy atom. The Balaban J connectivity index is 1.38. The molecule has 0 amide bonds. The second-order valence-corrected chi connectivity index (χ2v) is 6.92. The number of aromatic nitrogens is 5. The van der Waals surface area contributed by atoms with Crippen LogP contribution in [-0.4, -0.2) is 77.0 Å². The highest BCUT2D eigenvalue weighted by Crippen LogP contribution is 2.25. The zero-order valence-electron chi connectivity index (χ0n) is 16.2. The Hall–Kier alpha value is -2.43. The number of anilines is 2. The summed E-state index contributed by atoms with van der Waals surface area (Å²) < 4.78 is 14.4. The van der Waals surface area contributed by atoms with Crippen molar-refractivity contribution < 1.29 is 9.47 Å². The summed E-state index contributed by atoms with van der Waals surface area (Å²) in [6.07, 6.45) is 10.9. The minimum absolute atomic E-state index is 0.177. The second kappa shape index (κ2) is 8.30. The Labute approximate surface area is 165 Å². The molecule has 0 aromatic carbocycles. The first-order valence-corrected chi connectivity index (χ1v) is 9.34. The fourth-order valence-corrected chi connectivity index (χ4v) is 3.59. The average Bonchev–Trinajstić information content (AvgIpc) is 3.39. The van der Waals surface area contributed by atoms with E-state index < -0.39 is 0 Å². The van der Waals surface area contributed by atoms with Crippen molar-refractivity contribution in [2.24, 2.45) is 0 Å². The lowest BCUT2D eigenvalue weighted by Gasteiger charge is -2.33. The quantitative estimate of drug-likeness (QED) is 0.477. The molecule has 4 heterocycles. The first-order valence-electron chi connectivity index (χ1n) is 9.34. The lowest BCUT2D eigenvalue weighted by atomic mass is 10.1. The maximum Gasteiger partial charge on any atom is 0.179 e. The van der Waals surface area contributed by atoms with E-state index in [9.17, 15) is 0 Å². The van der Waals surface area contributed by atoms with Crippen molar-refractivity contribution in [1.82, 2.24) is 29.0 Å². The molecule has 4 rings (SSSR count). The SMILES string of the molecule is [B]c1cnc(Nc2cnn(C3CCN(CC(OC)OC)CC3)c2)c2nccn12. The summed E-state index contributed by atoms with van der Waals surface area (Å²) in [4.78, 5) is 11.1. The van der Waals surface area contributed by atoms with Crippen molar-refractivity contribution in [3.05, 3.63) is 31.0 Å². The van der Waals surface area contributed by atoms with Gasteiger partial charge in [-0.3, -0.25) is 9.58 Å². The van der Waals surface area contributed by atoms with Crippen molar-refractivity contribution in [3.63, 3.8) is 0 Å². The summed E-state index contributed by atoms with van der Waals surface area (Å²) in [6.45, 7) is 2.77. The lowest BCUT2D eigenvalue weighted by molar-refractivity contribution is -0.118. The van der Waals surface area contributed by atoms with Gasteiger partial charge in [-0.15, -0.1) is 0 Å². The first-order chi connectivity index (χ1) is 13.7. The molecule has 2 radical (unpaired) electrons. The summed E-state index contributed by atoms with van der Waals surface area (Å²) in [5.41, 5.74) is 2.11. The molecule has 0 saturated carbocycles. The van der Waals surface area contributed by atoms with E-state index in [0.29, 0.717) is 23.1 Å². The fourth-order valence-electron chi connectivity index (χ4n) is 3.59. The van der Waals surface area contributed by atoms with Gasteiger partial charge in [-0.25, -0.2) is 9.97 Å². The van der Waals surface area contributed by atoms with Crippen molar-refractivity contribution >= 4 is 30.6 Å². The van der Waals surface area contributed by atoms with Gasteiger partial charge in [-0.1, -0.05) is 0 Å². The van der Waals surface area contributed by atoms with Crippen LogP contribution in [-0.2, 0) is 9.47 Å². The number of rotatable bonds is 7. The van der Waals surface area contributed by atoms with Gasteiger partial charge in [0.1, 0.15) is 7.85 Å². The van der Waals surface area contributed by atoms with Crippen LogP contribution in [0.1, 0.15) is 18.9 Å². The van der Waals surface area contributed by atoms with E-state index in [2.05, 4.69) is 25.3 Å². The topological polar surface area (TPSA) is 81.7 Å². The molecule has 10 heteroatoms. The van der Waals surface area contributed by atoms with Crippen LogP contribution in [0.5, 0.6) is 0 Å². The van der Waals surface area contributed by atoms with Gasteiger partial charge in [-0.05, 0) is 18.4 Å². The molecule has 0 unspecified atom stereocenters. The fraction of sp³-hybridized carbons (Fsp3) is 0.500. The van der Waals surface area contributed by atoms with Crippen molar-refractivity contribution in [3.8, 4) is 0 Å². The maximum absolute atomic E-state index is 5.92. The molecule has 0 spiro atoms. The molecule has 1 saturated heterocycles. The zero-order valence-corrected chi connectivity index (χ0v) is 16.2. The van der Waals surface area contributed by atoms with E-state index in [1.165, 1.54) is 0 Å². The predicted octanol–water partition coefficient (Wildman–Crippen LogP) is 0.719. The molecule has 0 bridgehead atoms. The lowest BCUT2D eigenvalue weighted by Crippen LogP contribution is -2.40. The molecule has 1 fully saturated rings. The number of hydrogen-bond acceptors (Lipinski definition) is 7. The number of fused-ring (bicyclic) bond motifs is 1. The Morgan fingerprint density at radius 3 is 2.75 bits per heavy atom. The van der Waals surface area contributed by atoms with Crippen LogP contribution >= 0.6 is 0 Å². The van der Waals surface area contributed by atoms with Crippen LogP contribution in [0, 0.1) is 0 Å². The van der Waals surface area contributed by atoms with E-state index in [1.54, 1.807) is 31.0 Å². The Morgan fingerprint density at radius 2 is 2.00 bits per heavy atom. The molecule has 3 aromatic heterocycles. The van der Waals surface area contributed by atoms with Crippen LogP contribution in [0.2, 0.25) is 0 Å². The Kier molecular flexibility index (Phi) is 5.60. The molecule has 1 aliphatic rings. The molecule has 1 aliphatic heterocycles. The summed E-state index contributed by atoms with van der Waals surface area (Å²) in [5, 5.41) is 7.84. The van der Waals surface area contributed by atoms with Crippen LogP contribution in [0.25, 0.3) is 5.65 Å². The molecule has 28 heavy (non-hydrogen) atoms. The predicted molar refractivity (Wildman–Crippen MR) is 106 cm³/mol. The molecule has 3 aromatic rings. The monoisotopic (exact) mass is 381 g/mol. The number of methoxy groups -OCH3 is 2. The van der Waals surface area contributed by atoms with Gasteiger partial charge in [0, 0.05) is 58.6 Å². The highest BCUT2D eigenvalue weighted by Gasteiger charge is 2.23. The third kappa shape index (κ3) is 3.89. The van der Waals surface area contributed by atoms with Gasteiger partial charge in [0.05, 0.1) is 17.9 Å². The van der Waals surface area contributed by atoms with Gasteiger partial charge in [-0.2, -0.15) is 5.10 Å². The minimum Gasteiger partial charge on any atom is -0.355 e. The summed E-state index contributed by atoms with van der Waals surface area (Å²) in [6, 6.07) is 0.376. The van der Waals surface area contributed by atoms with Gasteiger partial charge in [0.15, 0.2) is 17.8 Å². The van der Waals surface area contributed by atoms with Crippen LogP contribution in [0.15, 0.2) is 31.0 Å². The highest BCUT2D eigenvalue weighted by molar-refractivity contribution is 6.31. The molecule has 1 N–H and O–H groups in total. The number of imidazole rings is 1. The zero-order chi connectivity index (χ0) is 19.5. The van der Waals surface area contributed by atoms with Crippen LogP contribution < -0.4 is 10.9 Å². The van der Waals surface area contributed by atoms with Gasteiger partial charge in [0.2, 0.25) is 0 Å². The van der Waals surface area contributed by atoms with Crippen molar-refractivity contribution in [2.75, 3.05) is 39.2 Å². The van der Waals surface area contributed by atoms with Crippen LogP contribution in [0.4, 0.5) is 11.5 Å². The molecule has 0 atom stereocenters. The number of ether oxygens (including phenoxy) is 2. The number of likely N-dealkylation sites (tertiary alicyclic amines) is 1. The van der Waals surface area contributed by atoms with E-state index in [0.717, 1.165) is 38.2 Å². The minimum atomic E-state index is -0.177. The average molecular weight is 381 g/mol. The first kappa shape index (κ1) is 18.9. The maximum atomic E-state index is 5.92. The number of nitrogens with zero attached hydrogens (tertiary/aromatic N) is 6. The van der Waals surface area contributed by atoms with E-state index in [-0.39, 0.29) is 6.29 Å². The van der Waals surface area contributed by atoms with Crippen LogP contribution in [0.3, 0.4) is 0 Å². The number of hydrogen-bond donors (Lipinski definition) is 1. The van der Waals surface area contributed by atoms with E-state index in [1.807, 2.05) is 23.3 Å². The van der Waals surface area contributed by atoms with Crippen molar-refractivity contribution in [2.45, 2.75) is 25.2 Å². The summed E-state index contributed by atoms with van der Waals surface area (Å²) in [7, 11) is 9.27. The summed E-state index contributed by atoms with van der Waals surface area (Å²) >= 11 is 0. The normalized spacial score (nSPS) is 16.2. The van der Waals surface area contributed by atoms with Gasteiger partial charge in [0.25, 0.3) is 0 Å². The van der Waals surface area contributed by atoms with E-state index >= 15 is 0 Å². The van der Waals surface area contributed by atoms with Gasteiger partial charge < -0.3 is 19.2 Å². The summed E-state index contributed by atoms with van der Waals surface area (Å²) in [5.74, 6) is 0.652. The molecule has 0 aliphatic carbocycles. The van der Waals surface area contributed by atoms with E-state index in [4.69, 9.17) is 17.3 Å². The van der Waals surface area contributed by atoms with Gasteiger partial charge >= 0.3 is 0 Å². The molecular weight excluding hydrogens is 357 g/mol. The Bertz CT molecular complexity index is 916. The smallest absolute Gasteiger partial charge is 0.179 e. The second-order valence-electron chi connectivity index (χ2n) is 6.92. The third-order valence-electron chi connectivity index (χ3n) is 5.19.